The van der Waals surface area contributed by atoms with Crippen molar-refractivity contribution in [1.82, 2.24) is 14.9 Å². The average Bonchev–Trinajstić information content (AvgIpc) is 3.29. The number of nitrogens with one attached hydrogen (secondary N) is 2. The number of anilines is 2. The molecule has 0 spiro atoms. The molecule has 0 saturated carbocycles. The van der Waals surface area contributed by atoms with Crippen molar-refractivity contribution >= 4 is 23.2 Å². The van der Waals surface area contributed by atoms with Crippen LogP contribution in [0.2, 0.25) is 0 Å². The molecule has 5 rings (SSSR count). The number of imidazole rings is 1. The van der Waals surface area contributed by atoms with E-state index in [1.807, 2.05) is 29.2 Å². The summed E-state index contributed by atoms with van der Waals surface area (Å²) in [6, 6.07) is 11.1. The van der Waals surface area contributed by atoms with E-state index in [1.54, 1.807) is 18.3 Å². The molecule has 3 heterocycles. The van der Waals surface area contributed by atoms with E-state index in [9.17, 15) is 9.59 Å². The Bertz CT molecular complexity index is 1220. The number of fused-ring (bicyclic) bond motifs is 5. The molecule has 2 aliphatic rings. The van der Waals surface area contributed by atoms with Crippen LogP contribution in [0.5, 0.6) is 0 Å². The zero-order chi connectivity index (χ0) is 22.9. The number of H-pyrrole nitrogens is 1. The van der Waals surface area contributed by atoms with E-state index in [0.717, 1.165) is 59.5 Å². The summed E-state index contributed by atoms with van der Waals surface area (Å²) in [7, 11) is 0. The van der Waals surface area contributed by atoms with Crippen molar-refractivity contribution in [1.29, 1.82) is 0 Å². The Morgan fingerprint density at radius 3 is 2.76 bits per heavy atom. The van der Waals surface area contributed by atoms with Crippen LogP contribution in [0, 0.1) is 0 Å². The number of aromatic nitrogens is 2. The van der Waals surface area contributed by atoms with Crippen molar-refractivity contribution in [3.05, 3.63) is 65.1 Å². The van der Waals surface area contributed by atoms with Gasteiger partial charge in [-0.3, -0.25) is 9.59 Å². The lowest BCUT2D eigenvalue weighted by molar-refractivity contribution is -0.116. The highest BCUT2D eigenvalue weighted by atomic mass is 16.2. The lowest BCUT2D eigenvalue weighted by Crippen LogP contribution is -2.41. The van der Waals surface area contributed by atoms with Crippen molar-refractivity contribution in [3.63, 3.8) is 0 Å². The molecular weight excluding hydrogens is 416 g/mol. The van der Waals surface area contributed by atoms with Gasteiger partial charge < -0.3 is 26.7 Å². The highest BCUT2D eigenvalue weighted by Gasteiger charge is 2.32. The number of benzene rings is 2. The first-order valence-corrected chi connectivity index (χ1v) is 11.4. The van der Waals surface area contributed by atoms with Crippen molar-refractivity contribution in [3.8, 4) is 11.3 Å². The molecule has 2 bridgehead atoms. The maximum Gasteiger partial charge on any atom is 0.254 e. The topological polar surface area (TPSA) is 130 Å². The SMILES string of the molecule is NCc1ccc2c(c1)CCN(C1CCCCC(=O)Nc3cc(N)ccc3-c3cnc1[nH]3)C2=O. The number of aromatic amines is 1. The first-order valence-electron chi connectivity index (χ1n) is 11.4. The Labute approximate surface area is 192 Å². The van der Waals surface area contributed by atoms with Gasteiger partial charge in [-0.05, 0) is 54.7 Å². The van der Waals surface area contributed by atoms with Crippen LogP contribution in [-0.4, -0.2) is 33.2 Å². The summed E-state index contributed by atoms with van der Waals surface area (Å²) in [6.45, 7) is 1.08. The molecule has 170 valence electrons. The summed E-state index contributed by atoms with van der Waals surface area (Å²) in [5.74, 6) is 0.730. The molecule has 2 amide bonds. The minimum absolute atomic E-state index is 0.0146. The summed E-state index contributed by atoms with van der Waals surface area (Å²) in [6.07, 6.45) is 5.23. The average molecular weight is 445 g/mol. The molecule has 1 aromatic heterocycles. The highest BCUT2D eigenvalue weighted by Crippen LogP contribution is 2.34. The van der Waals surface area contributed by atoms with E-state index in [-0.39, 0.29) is 17.9 Å². The zero-order valence-electron chi connectivity index (χ0n) is 18.4. The molecule has 8 heteroatoms. The largest absolute Gasteiger partial charge is 0.399 e. The fourth-order valence-electron chi connectivity index (χ4n) is 4.80. The number of carbonyl (C=O) groups excluding carboxylic acids is 2. The number of rotatable bonds is 2. The third-order valence-electron chi connectivity index (χ3n) is 6.55. The van der Waals surface area contributed by atoms with Gasteiger partial charge in [-0.15, -0.1) is 0 Å². The smallest absolute Gasteiger partial charge is 0.254 e. The maximum atomic E-state index is 13.5. The summed E-state index contributed by atoms with van der Waals surface area (Å²) in [5, 5.41) is 2.98. The molecule has 33 heavy (non-hydrogen) atoms. The second kappa shape index (κ2) is 8.71. The van der Waals surface area contributed by atoms with Crippen LogP contribution < -0.4 is 16.8 Å². The predicted octanol–water partition coefficient (Wildman–Crippen LogP) is 3.37. The van der Waals surface area contributed by atoms with E-state index in [2.05, 4.69) is 15.3 Å². The first-order chi connectivity index (χ1) is 16.0. The minimum atomic E-state index is -0.187. The third kappa shape index (κ3) is 4.09. The number of amides is 2. The Hall–Kier alpha value is -3.65. The number of nitrogens with two attached hydrogens (primary N) is 2. The molecule has 2 aliphatic heterocycles. The van der Waals surface area contributed by atoms with Crippen LogP contribution in [0.25, 0.3) is 11.3 Å². The van der Waals surface area contributed by atoms with Gasteiger partial charge in [0.2, 0.25) is 5.91 Å². The maximum absolute atomic E-state index is 13.5. The summed E-state index contributed by atoms with van der Waals surface area (Å²) in [5.41, 5.74) is 17.4. The predicted molar refractivity (Wildman–Crippen MR) is 127 cm³/mol. The van der Waals surface area contributed by atoms with Crippen LogP contribution >= 0.6 is 0 Å². The summed E-state index contributed by atoms with van der Waals surface area (Å²) >= 11 is 0. The number of nitrogens with zero attached hydrogens (tertiary/aromatic N) is 2. The van der Waals surface area contributed by atoms with Crippen LogP contribution in [0.3, 0.4) is 0 Å². The zero-order valence-corrected chi connectivity index (χ0v) is 18.4. The first kappa shape index (κ1) is 21.2. The van der Waals surface area contributed by atoms with Crippen LogP contribution in [0.1, 0.15) is 59.0 Å². The molecule has 6 N–H and O–H groups in total. The molecule has 0 radical (unpaired) electrons. The molecule has 0 aliphatic carbocycles. The van der Waals surface area contributed by atoms with E-state index < -0.39 is 0 Å². The monoisotopic (exact) mass is 444 g/mol. The van der Waals surface area contributed by atoms with Crippen molar-refractivity contribution in [2.75, 3.05) is 17.6 Å². The van der Waals surface area contributed by atoms with Gasteiger partial charge in [0.25, 0.3) is 5.91 Å². The van der Waals surface area contributed by atoms with E-state index >= 15 is 0 Å². The van der Waals surface area contributed by atoms with Crippen molar-refractivity contribution in [2.45, 2.75) is 44.7 Å². The Balaban J connectivity index is 1.51. The van der Waals surface area contributed by atoms with E-state index in [4.69, 9.17) is 11.5 Å². The number of hydrogen-bond donors (Lipinski definition) is 4. The van der Waals surface area contributed by atoms with Gasteiger partial charge >= 0.3 is 0 Å². The van der Waals surface area contributed by atoms with Gasteiger partial charge in [0.05, 0.1) is 23.6 Å². The second-order valence-electron chi connectivity index (χ2n) is 8.74. The Kier molecular flexibility index (Phi) is 5.60. The van der Waals surface area contributed by atoms with Crippen molar-refractivity contribution < 1.29 is 9.59 Å². The Morgan fingerprint density at radius 2 is 1.91 bits per heavy atom. The molecule has 0 saturated heterocycles. The Morgan fingerprint density at radius 1 is 1.06 bits per heavy atom. The fraction of sp³-hybridized carbons (Fsp3) is 0.320. The number of carbonyl (C=O) groups is 2. The quantitative estimate of drug-likeness (QED) is 0.450. The normalized spacial score (nSPS) is 18.6. The highest BCUT2D eigenvalue weighted by molar-refractivity contribution is 5.97. The van der Waals surface area contributed by atoms with Crippen LogP contribution in [0.4, 0.5) is 11.4 Å². The van der Waals surface area contributed by atoms with Crippen molar-refractivity contribution in [2.24, 2.45) is 5.73 Å². The van der Waals surface area contributed by atoms with Gasteiger partial charge in [0.1, 0.15) is 5.82 Å². The molecular formula is C25H28N6O2. The molecule has 1 unspecified atom stereocenters. The van der Waals surface area contributed by atoms with Gasteiger partial charge in [-0.2, -0.15) is 0 Å². The number of hydrogen-bond acceptors (Lipinski definition) is 5. The van der Waals surface area contributed by atoms with Crippen LogP contribution in [0.15, 0.2) is 42.6 Å². The molecule has 8 nitrogen and oxygen atoms in total. The third-order valence-corrected chi connectivity index (χ3v) is 6.55. The minimum Gasteiger partial charge on any atom is -0.399 e. The van der Waals surface area contributed by atoms with Gasteiger partial charge in [0, 0.05) is 36.3 Å². The standard InChI is InChI=1S/C25H28N6O2/c26-13-15-5-7-18-16(11-15)9-10-31(25(18)33)22-3-1-2-4-23(32)29-20-12-17(27)6-8-19(20)21-14-28-24(22)30-21/h5-8,11-12,14,22H,1-4,9-10,13,26-27H2,(H,28,30)(H,29,32). The molecule has 1 atom stereocenters. The molecule has 3 aromatic rings. The summed E-state index contributed by atoms with van der Waals surface area (Å²) in [4.78, 5) is 36.0. The summed E-state index contributed by atoms with van der Waals surface area (Å²) < 4.78 is 0. The van der Waals surface area contributed by atoms with Gasteiger partial charge in [-0.1, -0.05) is 18.6 Å². The lowest BCUT2D eigenvalue weighted by Gasteiger charge is -2.35. The molecule has 2 aromatic carbocycles. The van der Waals surface area contributed by atoms with E-state index in [0.29, 0.717) is 30.9 Å². The lowest BCUT2D eigenvalue weighted by atomic mass is 9.94. The second-order valence-corrected chi connectivity index (χ2v) is 8.74. The van der Waals surface area contributed by atoms with Gasteiger partial charge in [-0.25, -0.2) is 4.98 Å². The molecule has 0 fully saturated rings. The number of nitrogen functional groups attached to an aromatic ring is 1. The fourth-order valence-corrected chi connectivity index (χ4v) is 4.80. The van der Waals surface area contributed by atoms with E-state index in [1.165, 1.54) is 0 Å². The van der Waals surface area contributed by atoms with Crippen LogP contribution in [-0.2, 0) is 17.8 Å². The van der Waals surface area contributed by atoms with Gasteiger partial charge in [0.15, 0.2) is 0 Å².